The zero-order valence-corrected chi connectivity index (χ0v) is 56.4. The fourth-order valence-corrected chi connectivity index (χ4v) is 11.5. The van der Waals surface area contributed by atoms with E-state index in [0.29, 0.717) is 19.4 Å². The van der Waals surface area contributed by atoms with E-state index in [4.69, 9.17) is 4.74 Å². The molecule has 0 aliphatic carbocycles. The van der Waals surface area contributed by atoms with E-state index in [1.807, 2.05) is 6.08 Å². The molecule has 0 heterocycles. The van der Waals surface area contributed by atoms with Gasteiger partial charge in [0.1, 0.15) is 0 Å². The average molecular weight is 1180 g/mol. The molecule has 492 valence electrons. The van der Waals surface area contributed by atoms with Crippen LogP contribution >= 0.6 is 0 Å². The maximum atomic E-state index is 12.5. The Morgan fingerprint density at radius 1 is 0.333 bits per heavy atom. The molecule has 0 aromatic rings. The van der Waals surface area contributed by atoms with Crippen molar-refractivity contribution in [1.82, 2.24) is 5.32 Å². The highest BCUT2D eigenvalue weighted by Crippen LogP contribution is 2.18. The summed E-state index contributed by atoms with van der Waals surface area (Å²) in [5.41, 5.74) is 0. The van der Waals surface area contributed by atoms with Crippen molar-refractivity contribution in [3.05, 3.63) is 60.8 Å². The molecular weight excluding hydrogens is 1030 g/mol. The van der Waals surface area contributed by atoms with E-state index in [2.05, 4.69) is 67.8 Å². The van der Waals surface area contributed by atoms with Gasteiger partial charge in [-0.25, -0.2) is 0 Å². The summed E-state index contributed by atoms with van der Waals surface area (Å²) < 4.78 is 5.48. The smallest absolute Gasteiger partial charge is 0.305 e. The molecule has 0 bridgehead atoms. The molecule has 0 saturated carbocycles. The molecule has 0 rings (SSSR count). The molecule has 0 spiro atoms. The second kappa shape index (κ2) is 73.0. The predicted molar refractivity (Wildman–Crippen MR) is 370 cm³/mol. The van der Waals surface area contributed by atoms with Crippen LogP contribution in [0.2, 0.25) is 0 Å². The van der Waals surface area contributed by atoms with Gasteiger partial charge in [-0.3, -0.25) is 9.59 Å². The number of aliphatic hydroxyl groups excluding tert-OH is 2. The highest BCUT2D eigenvalue weighted by atomic mass is 16.5. The minimum absolute atomic E-state index is 0.00369. The monoisotopic (exact) mass is 1180 g/mol. The molecule has 0 aromatic carbocycles. The van der Waals surface area contributed by atoms with Gasteiger partial charge in [0, 0.05) is 12.8 Å². The topological polar surface area (TPSA) is 95.9 Å². The largest absolute Gasteiger partial charge is 0.466 e. The molecule has 0 saturated heterocycles. The number of amides is 1. The lowest BCUT2D eigenvalue weighted by atomic mass is 10.0. The Labute approximate surface area is 524 Å². The van der Waals surface area contributed by atoms with Crippen LogP contribution in [0.3, 0.4) is 0 Å². The van der Waals surface area contributed by atoms with Crippen LogP contribution in [-0.2, 0) is 14.3 Å². The number of hydrogen-bond donors (Lipinski definition) is 3. The van der Waals surface area contributed by atoms with E-state index in [1.165, 1.54) is 315 Å². The van der Waals surface area contributed by atoms with E-state index in [0.717, 1.165) is 57.8 Å². The number of unbranched alkanes of at least 4 members (excludes halogenated alkanes) is 51. The third-order valence-electron chi connectivity index (χ3n) is 17.3. The fraction of sp³-hybridized carbons (Fsp3) is 0.846. The van der Waals surface area contributed by atoms with Gasteiger partial charge < -0.3 is 20.3 Å². The summed E-state index contributed by atoms with van der Waals surface area (Å²) in [6.45, 7) is 4.90. The Morgan fingerprint density at radius 3 is 0.929 bits per heavy atom. The SMILES string of the molecule is CCCCC/C=C\C/C=C\CCCCCCCC(=O)OCCCCCCCCCCC/C=C\C/C=C\CCCCCCCCCCCCCC(=O)NC(CO)C(O)/C=C/CCCCCCCCCCCCCCCCCCCCCCCCC. The van der Waals surface area contributed by atoms with Crippen LogP contribution in [0.5, 0.6) is 0 Å². The van der Waals surface area contributed by atoms with E-state index in [1.54, 1.807) is 6.08 Å². The molecule has 6 heteroatoms. The number of carbonyl (C=O) groups is 2. The first-order chi connectivity index (χ1) is 41.5. The summed E-state index contributed by atoms with van der Waals surface area (Å²) in [4.78, 5) is 24.6. The first-order valence-electron chi connectivity index (χ1n) is 37.6. The number of esters is 1. The van der Waals surface area contributed by atoms with Crippen LogP contribution < -0.4 is 5.32 Å². The van der Waals surface area contributed by atoms with Gasteiger partial charge in [0.15, 0.2) is 0 Å². The Kier molecular flexibility index (Phi) is 70.9. The maximum Gasteiger partial charge on any atom is 0.305 e. The van der Waals surface area contributed by atoms with Gasteiger partial charge >= 0.3 is 5.97 Å². The van der Waals surface area contributed by atoms with Gasteiger partial charge in [-0.1, -0.05) is 351 Å². The van der Waals surface area contributed by atoms with Crippen molar-refractivity contribution < 1.29 is 24.5 Å². The Morgan fingerprint density at radius 2 is 0.595 bits per heavy atom. The van der Waals surface area contributed by atoms with Crippen molar-refractivity contribution in [2.24, 2.45) is 0 Å². The van der Waals surface area contributed by atoms with Crippen molar-refractivity contribution >= 4 is 11.9 Å². The molecule has 3 N–H and O–H groups in total. The third kappa shape index (κ3) is 68.7. The zero-order chi connectivity index (χ0) is 60.6. The van der Waals surface area contributed by atoms with Crippen LogP contribution in [-0.4, -0.2) is 47.4 Å². The molecule has 0 fully saturated rings. The Balaban J connectivity index is 3.45. The van der Waals surface area contributed by atoms with E-state index < -0.39 is 12.1 Å². The zero-order valence-electron chi connectivity index (χ0n) is 56.4. The van der Waals surface area contributed by atoms with Crippen LogP contribution in [0.15, 0.2) is 60.8 Å². The second-order valence-electron chi connectivity index (χ2n) is 25.6. The molecule has 0 aliphatic rings. The third-order valence-corrected chi connectivity index (χ3v) is 17.3. The number of carbonyl (C=O) groups excluding carboxylic acids is 2. The summed E-state index contributed by atoms with van der Waals surface area (Å²) in [5.74, 6) is -0.0713. The summed E-state index contributed by atoms with van der Waals surface area (Å²) in [7, 11) is 0. The van der Waals surface area contributed by atoms with Gasteiger partial charge in [-0.2, -0.15) is 0 Å². The number of allylic oxidation sites excluding steroid dienone is 9. The summed E-state index contributed by atoms with van der Waals surface area (Å²) in [6, 6.07) is -0.633. The first kappa shape index (κ1) is 81.6. The normalized spacial score (nSPS) is 12.9. The highest BCUT2D eigenvalue weighted by Gasteiger charge is 2.18. The Hall–Kier alpha value is -2.44. The molecular formula is C78H145NO5. The molecule has 1 amide bonds. The van der Waals surface area contributed by atoms with Gasteiger partial charge in [0.25, 0.3) is 0 Å². The van der Waals surface area contributed by atoms with Crippen molar-refractivity contribution in [3.63, 3.8) is 0 Å². The molecule has 2 unspecified atom stereocenters. The highest BCUT2D eigenvalue weighted by molar-refractivity contribution is 5.76. The molecule has 6 nitrogen and oxygen atoms in total. The van der Waals surface area contributed by atoms with Gasteiger partial charge in [-0.15, -0.1) is 0 Å². The van der Waals surface area contributed by atoms with Crippen LogP contribution in [0, 0.1) is 0 Å². The van der Waals surface area contributed by atoms with Crippen LogP contribution in [0.4, 0.5) is 0 Å². The van der Waals surface area contributed by atoms with Crippen molar-refractivity contribution in [2.75, 3.05) is 13.2 Å². The number of nitrogens with one attached hydrogen (secondary N) is 1. The van der Waals surface area contributed by atoms with Crippen LogP contribution in [0.1, 0.15) is 399 Å². The van der Waals surface area contributed by atoms with Crippen molar-refractivity contribution in [1.29, 1.82) is 0 Å². The van der Waals surface area contributed by atoms with E-state index >= 15 is 0 Å². The molecule has 0 aliphatic heterocycles. The quantitative estimate of drug-likeness (QED) is 0.0320. The molecule has 2 atom stereocenters. The second-order valence-corrected chi connectivity index (χ2v) is 25.6. The molecule has 84 heavy (non-hydrogen) atoms. The molecule has 0 aromatic heterocycles. The average Bonchev–Trinajstić information content (AvgIpc) is 3.51. The van der Waals surface area contributed by atoms with E-state index in [9.17, 15) is 19.8 Å². The lowest BCUT2D eigenvalue weighted by molar-refractivity contribution is -0.143. The number of ether oxygens (including phenoxy) is 1. The minimum atomic E-state index is -0.850. The summed E-state index contributed by atoms with van der Waals surface area (Å²) >= 11 is 0. The lowest BCUT2D eigenvalue weighted by Gasteiger charge is -2.20. The minimum Gasteiger partial charge on any atom is -0.466 e. The van der Waals surface area contributed by atoms with E-state index in [-0.39, 0.29) is 18.5 Å². The number of rotatable bonds is 70. The number of aliphatic hydroxyl groups is 2. The van der Waals surface area contributed by atoms with Gasteiger partial charge in [0.05, 0.1) is 25.4 Å². The van der Waals surface area contributed by atoms with Crippen molar-refractivity contribution in [3.8, 4) is 0 Å². The summed E-state index contributed by atoms with van der Waals surface area (Å²) in [5, 5.41) is 23.3. The predicted octanol–water partition coefficient (Wildman–Crippen LogP) is 24.6. The standard InChI is InChI=1S/C78H145NO5/c1-3-5-7-9-11-13-15-17-19-20-21-22-23-27-30-33-36-39-43-46-50-54-58-62-66-70-76(81)75(74-80)79-77(82)71-67-63-59-55-51-47-44-40-37-34-31-28-25-24-26-29-32-35-38-41-45-49-53-57-61-65-69-73-84-78(83)72-68-64-60-56-52-48-42-18-16-14-12-10-8-6-4-2/h12,14,18,24-25,29,32,42,66,70,75-76,80-81H,3-11,13,15-17,19-23,26-28,30-31,33-41,43-65,67-69,71-74H2,1-2H3,(H,79,82)/b14-12-,25-24-,32-29-,42-18-,70-66+. The van der Waals surface area contributed by atoms with Crippen molar-refractivity contribution in [2.45, 2.75) is 411 Å². The number of hydrogen-bond acceptors (Lipinski definition) is 5. The van der Waals surface area contributed by atoms with Crippen LogP contribution in [0.25, 0.3) is 0 Å². The fourth-order valence-electron chi connectivity index (χ4n) is 11.5. The van der Waals surface area contributed by atoms with Gasteiger partial charge in [0.2, 0.25) is 5.91 Å². The lowest BCUT2D eigenvalue weighted by Crippen LogP contribution is -2.45. The first-order valence-corrected chi connectivity index (χ1v) is 37.6. The Bertz CT molecular complexity index is 1450. The maximum absolute atomic E-state index is 12.5. The molecule has 0 radical (unpaired) electrons. The summed E-state index contributed by atoms with van der Waals surface area (Å²) in [6.07, 6.45) is 97.4. The van der Waals surface area contributed by atoms with Gasteiger partial charge in [-0.05, 0) is 96.3 Å².